The zero-order valence-electron chi connectivity index (χ0n) is 15.9. The van der Waals surface area contributed by atoms with E-state index in [1.54, 1.807) is 10.9 Å². The second-order valence-electron chi connectivity index (χ2n) is 7.92. The van der Waals surface area contributed by atoms with Crippen LogP contribution in [0.15, 0.2) is 28.8 Å². The van der Waals surface area contributed by atoms with E-state index in [2.05, 4.69) is 34.5 Å². The van der Waals surface area contributed by atoms with Gasteiger partial charge in [0.05, 0.1) is 0 Å². The van der Waals surface area contributed by atoms with Crippen LogP contribution in [0.5, 0.6) is 0 Å². The lowest BCUT2D eigenvalue weighted by Crippen LogP contribution is -2.52. The van der Waals surface area contributed by atoms with Crippen LogP contribution >= 0.6 is 0 Å². The van der Waals surface area contributed by atoms with Crippen LogP contribution < -0.4 is 11.0 Å². The average molecular weight is 363 g/mol. The van der Waals surface area contributed by atoms with Gasteiger partial charge in [0.15, 0.2) is 5.82 Å². The molecule has 1 saturated carbocycles. The molecule has 2 aromatic rings. The average Bonchev–Trinajstić information content (AvgIpc) is 3.52. The van der Waals surface area contributed by atoms with Gasteiger partial charge in [-0.15, -0.1) is 0 Å². The highest BCUT2D eigenvalue weighted by Crippen LogP contribution is 2.40. The van der Waals surface area contributed by atoms with E-state index in [1.165, 1.54) is 35.2 Å². The van der Waals surface area contributed by atoms with Crippen molar-refractivity contribution in [3.05, 3.63) is 62.6 Å². The molecule has 2 aromatic heterocycles. The maximum Gasteiger partial charge on any atom is 0.275 e. The minimum Gasteiger partial charge on any atom is -0.300 e. The Kier molecular flexibility index (Phi) is 3.90. The molecular formula is C21H25N5O. The van der Waals surface area contributed by atoms with Gasteiger partial charge >= 0.3 is 0 Å². The Morgan fingerprint density at radius 3 is 2.89 bits per heavy atom. The molecule has 1 fully saturated rings. The number of hydrogen-bond acceptors (Lipinski definition) is 5. The number of nitrogens with zero attached hydrogens (tertiary/aromatic N) is 4. The van der Waals surface area contributed by atoms with Crippen molar-refractivity contribution < 1.29 is 0 Å². The predicted octanol–water partition coefficient (Wildman–Crippen LogP) is 2.42. The first-order chi connectivity index (χ1) is 13.1. The highest BCUT2D eigenvalue weighted by molar-refractivity contribution is 5.50. The molecular weight excluding hydrogens is 338 g/mol. The van der Waals surface area contributed by atoms with E-state index in [9.17, 15) is 4.79 Å². The van der Waals surface area contributed by atoms with E-state index in [0.29, 0.717) is 12.2 Å². The molecule has 1 N–H and O–H groups in total. The predicted molar refractivity (Wildman–Crippen MR) is 105 cm³/mol. The highest BCUT2D eigenvalue weighted by atomic mass is 16.1. The van der Waals surface area contributed by atoms with Gasteiger partial charge in [0.1, 0.15) is 6.17 Å². The SMILES string of the molecule is CCc1cnc2n(c1=O)NC(N1CCc3ncc(C4CC4)cc3C1)C(C)=C2. The van der Waals surface area contributed by atoms with Crippen LogP contribution in [0.25, 0.3) is 6.08 Å². The van der Waals surface area contributed by atoms with Gasteiger partial charge in [-0.25, -0.2) is 9.66 Å². The standard InChI is InChI=1S/C21H25N5O/c1-3-14-10-23-19-8-13(2)20(24-26(19)21(14)27)25-7-6-18-17(12-25)9-16(11-22-18)15-4-5-15/h8-11,15,20,24H,3-7,12H2,1-2H3. The molecule has 0 spiro atoms. The maximum absolute atomic E-state index is 12.7. The summed E-state index contributed by atoms with van der Waals surface area (Å²) in [7, 11) is 0. The Morgan fingerprint density at radius 1 is 1.26 bits per heavy atom. The Labute approximate surface area is 158 Å². The van der Waals surface area contributed by atoms with Crippen LogP contribution in [-0.2, 0) is 19.4 Å². The lowest BCUT2D eigenvalue weighted by atomic mass is 10.0. The van der Waals surface area contributed by atoms with Crippen LogP contribution in [0.4, 0.5) is 0 Å². The molecule has 0 saturated heterocycles. The molecule has 2 aliphatic heterocycles. The maximum atomic E-state index is 12.7. The largest absolute Gasteiger partial charge is 0.300 e. The fraction of sp³-hybridized carbons (Fsp3) is 0.476. The Balaban J connectivity index is 1.44. The van der Waals surface area contributed by atoms with Crippen molar-refractivity contribution in [3.8, 4) is 0 Å². The molecule has 0 bridgehead atoms. The van der Waals surface area contributed by atoms with E-state index in [-0.39, 0.29) is 11.7 Å². The van der Waals surface area contributed by atoms with E-state index < -0.39 is 0 Å². The van der Waals surface area contributed by atoms with Crippen molar-refractivity contribution in [1.82, 2.24) is 19.5 Å². The van der Waals surface area contributed by atoms with Gasteiger partial charge in [-0.05, 0) is 54.9 Å². The fourth-order valence-electron chi connectivity index (χ4n) is 4.18. The van der Waals surface area contributed by atoms with Crippen LogP contribution in [0.2, 0.25) is 0 Å². The second kappa shape index (κ2) is 6.30. The first-order valence-electron chi connectivity index (χ1n) is 9.91. The summed E-state index contributed by atoms with van der Waals surface area (Å²) < 4.78 is 1.62. The monoisotopic (exact) mass is 363 g/mol. The molecule has 0 aromatic carbocycles. The van der Waals surface area contributed by atoms with Crippen molar-refractivity contribution in [2.75, 3.05) is 12.0 Å². The fourth-order valence-corrected chi connectivity index (χ4v) is 4.18. The first kappa shape index (κ1) is 16.7. The third-order valence-corrected chi connectivity index (χ3v) is 5.98. The Morgan fingerprint density at radius 2 is 2.11 bits per heavy atom. The van der Waals surface area contributed by atoms with E-state index >= 15 is 0 Å². The zero-order chi connectivity index (χ0) is 18.5. The van der Waals surface area contributed by atoms with Gasteiger partial charge in [0.25, 0.3) is 5.56 Å². The number of fused-ring (bicyclic) bond motifs is 2. The summed E-state index contributed by atoms with van der Waals surface area (Å²) in [6.07, 6.45) is 10.0. The van der Waals surface area contributed by atoms with Crippen molar-refractivity contribution >= 4 is 6.08 Å². The molecule has 4 heterocycles. The smallest absolute Gasteiger partial charge is 0.275 e. The van der Waals surface area contributed by atoms with Gasteiger partial charge in [0.2, 0.25) is 0 Å². The molecule has 1 atom stereocenters. The molecule has 1 unspecified atom stereocenters. The van der Waals surface area contributed by atoms with Crippen molar-refractivity contribution in [3.63, 3.8) is 0 Å². The molecule has 5 rings (SSSR count). The third-order valence-electron chi connectivity index (χ3n) is 5.98. The summed E-state index contributed by atoms with van der Waals surface area (Å²) in [6, 6.07) is 2.35. The van der Waals surface area contributed by atoms with Crippen molar-refractivity contribution in [1.29, 1.82) is 0 Å². The highest BCUT2D eigenvalue weighted by Gasteiger charge is 2.30. The summed E-state index contributed by atoms with van der Waals surface area (Å²) in [6.45, 7) is 5.88. The minimum absolute atomic E-state index is 0.00170. The zero-order valence-corrected chi connectivity index (χ0v) is 15.9. The second-order valence-corrected chi connectivity index (χ2v) is 7.92. The summed E-state index contributed by atoms with van der Waals surface area (Å²) in [5.41, 5.74) is 9.28. The molecule has 27 heavy (non-hydrogen) atoms. The summed E-state index contributed by atoms with van der Waals surface area (Å²) >= 11 is 0. The third kappa shape index (κ3) is 2.88. The van der Waals surface area contributed by atoms with E-state index in [0.717, 1.165) is 31.0 Å². The van der Waals surface area contributed by atoms with Crippen LogP contribution in [0, 0.1) is 0 Å². The molecule has 6 heteroatoms. The van der Waals surface area contributed by atoms with E-state index in [1.807, 2.05) is 13.0 Å². The number of pyridine rings is 1. The summed E-state index contributed by atoms with van der Waals surface area (Å²) in [5, 5.41) is 0. The quantitative estimate of drug-likeness (QED) is 0.907. The molecule has 3 aliphatic rings. The lowest BCUT2D eigenvalue weighted by molar-refractivity contribution is 0.205. The Bertz CT molecular complexity index is 989. The van der Waals surface area contributed by atoms with Gasteiger partial charge < -0.3 is 0 Å². The number of rotatable bonds is 3. The van der Waals surface area contributed by atoms with Crippen LogP contribution in [0.3, 0.4) is 0 Å². The number of aromatic nitrogens is 3. The van der Waals surface area contributed by atoms with E-state index in [4.69, 9.17) is 4.98 Å². The molecule has 0 amide bonds. The molecule has 0 radical (unpaired) electrons. The van der Waals surface area contributed by atoms with Gasteiger partial charge in [-0.2, -0.15) is 0 Å². The normalized spacial score (nSPS) is 21.9. The lowest BCUT2D eigenvalue weighted by Gasteiger charge is -2.39. The summed E-state index contributed by atoms with van der Waals surface area (Å²) in [4.78, 5) is 24.3. The van der Waals surface area contributed by atoms with Gasteiger partial charge in [-0.3, -0.25) is 20.1 Å². The minimum atomic E-state index is 0.00170. The molecule has 140 valence electrons. The van der Waals surface area contributed by atoms with Crippen molar-refractivity contribution in [2.24, 2.45) is 0 Å². The topological polar surface area (TPSA) is 63.1 Å². The van der Waals surface area contributed by atoms with Crippen molar-refractivity contribution in [2.45, 2.75) is 58.2 Å². The van der Waals surface area contributed by atoms with Gasteiger partial charge in [0, 0.05) is 43.2 Å². The van der Waals surface area contributed by atoms with Gasteiger partial charge in [-0.1, -0.05) is 13.0 Å². The number of aryl methyl sites for hydroxylation is 1. The first-order valence-corrected chi connectivity index (χ1v) is 9.91. The number of nitrogens with one attached hydrogen (secondary N) is 1. The summed E-state index contributed by atoms with van der Waals surface area (Å²) in [5.74, 6) is 1.40. The van der Waals surface area contributed by atoms with Crippen LogP contribution in [-0.4, -0.2) is 32.3 Å². The molecule has 6 nitrogen and oxygen atoms in total. The molecule has 1 aliphatic carbocycles. The Hall–Kier alpha value is -2.47. The van der Waals surface area contributed by atoms with Crippen LogP contribution in [0.1, 0.15) is 60.8 Å². The number of hydrogen-bond donors (Lipinski definition) is 1.